The molecule has 1 aromatic rings. The van der Waals surface area contributed by atoms with Crippen LogP contribution in [0.3, 0.4) is 0 Å². The van der Waals surface area contributed by atoms with Gasteiger partial charge in [0, 0.05) is 18.8 Å². The minimum absolute atomic E-state index is 0.0587. The Morgan fingerprint density at radius 2 is 1.48 bits per heavy atom. The molecule has 1 unspecified atom stereocenters. The molecule has 1 atom stereocenters. The smallest absolute Gasteiger partial charge is 0.338 e. The monoisotopic (exact) mass is 432 g/mol. The molecule has 0 saturated carbocycles. The minimum atomic E-state index is -0.410. The van der Waals surface area contributed by atoms with E-state index >= 15 is 0 Å². The maximum atomic E-state index is 11.5. The van der Waals surface area contributed by atoms with E-state index < -0.39 is 5.97 Å². The van der Waals surface area contributed by atoms with E-state index in [2.05, 4.69) is 6.58 Å². The Kier molecular flexibility index (Phi) is 13.0. The summed E-state index contributed by atoms with van der Waals surface area (Å²) in [5.41, 5.74) is 0.385. The molecular weight excluding hydrogens is 392 g/mol. The van der Waals surface area contributed by atoms with Crippen molar-refractivity contribution < 1.29 is 23.7 Å². The third-order valence-electron chi connectivity index (χ3n) is 5.38. The summed E-state index contributed by atoms with van der Waals surface area (Å²) in [6.07, 6.45) is 14.7. The van der Waals surface area contributed by atoms with E-state index in [0.717, 1.165) is 44.8 Å². The molecule has 0 aromatic heterocycles. The average Bonchev–Trinajstić information content (AvgIpc) is 2.78. The molecule has 0 aliphatic carbocycles. The van der Waals surface area contributed by atoms with Crippen molar-refractivity contribution >= 4 is 5.97 Å². The quantitative estimate of drug-likeness (QED) is 0.127. The fourth-order valence-corrected chi connectivity index (χ4v) is 3.49. The summed E-state index contributed by atoms with van der Waals surface area (Å²) in [6.45, 7) is 7.62. The number of unbranched alkanes of at least 4 members (excludes halogenated alkanes) is 8. The van der Waals surface area contributed by atoms with Crippen molar-refractivity contribution in [1.29, 1.82) is 0 Å². The van der Waals surface area contributed by atoms with Crippen LogP contribution < -0.4 is 9.47 Å². The first-order valence-corrected chi connectivity index (χ1v) is 12.0. The zero-order valence-electron chi connectivity index (χ0n) is 19.2. The molecule has 1 saturated heterocycles. The van der Waals surface area contributed by atoms with Crippen LogP contribution in [0.15, 0.2) is 36.4 Å². The first-order chi connectivity index (χ1) is 15.1. The number of hydrogen-bond donors (Lipinski definition) is 0. The van der Waals surface area contributed by atoms with Crippen molar-refractivity contribution in [2.24, 2.45) is 0 Å². The zero-order chi connectivity index (χ0) is 22.2. The molecule has 0 bridgehead atoms. The lowest BCUT2D eigenvalue weighted by Gasteiger charge is -2.22. The SMILES string of the molecule is C=C(C)C(=O)Oc1ccc(OCCCCCCCCCCCOC2CCCCO2)cc1. The normalized spacial score (nSPS) is 16.1. The van der Waals surface area contributed by atoms with Crippen molar-refractivity contribution in [3.05, 3.63) is 36.4 Å². The Balaban J connectivity index is 1.35. The van der Waals surface area contributed by atoms with Crippen LogP contribution in [0.5, 0.6) is 11.5 Å². The molecule has 0 radical (unpaired) electrons. The molecule has 1 fully saturated rings. The van der Waals surface area contributed by atoms with E-state index in [1.807, 2.05) is 12.1 Å². The highest BCUT2D eigenvalue weighted by Crippen LogP contribution is 2.19. The summed E-state index contributed by atoms with van der Waals surface area (Å²) in [5, 5.41) is 0. The molecule has 0 N–H and O–H groups in total. The molecule has 1 aliphatic heterocycles. The largest absolute Gasteiger partial charge is 0.494 e. The highest BCUT2D eigenvalue weighted by Gasteiger charge is 2.13. The third kappa shape index (κ3) is 11.9. The van der Waals surface area contributed by atoms with Crippen molar-refractivity contribution in [1.82, 2.24) is 0 Å². The molecule has 1 aliphatic rings. The fourth-order valence-electron chi connectivity index (χ4n) is 3.49. The Hall–Kier alpha value is -1.85. The van der Waals surface area contributed by atoms with Gasteiger partial charge in [0.05, 0.1) is 6.61 Å². The summed E-state index contributed by atoms with van der Waals surface area (Å²) < 4.78 is 22.3. The van der Waals surface area contributed by atoms with Crippen LogP contribution in [0.1, 0.15) is 84.0 Å². The van der Waals surface area contributed by atoms with Gasteiger partial charge in [0.25, 0.3) is 0 Å². The Morgan fingerprint density at radius 1 is 0.903 bits per heavy atom. The van der Waals surface area contributed by atoms with E-state index in [1.165, 1.54) is 57.8 Å². The standard InChI is InChI=1S/C26H40O5/c1-22(2)26(27)31-24-17-15-23(16-18-24)28-19-11-8-6-4-3-5-7-9-12-20-29-25-14-10-13-21-30-25/h15-18,25H,1,3-14,19-21H2,2H3. The number of esters is 1. The average molecular weight is 433 g/mol. The van der Waals surface area contributed by atoms with E-state index in [-0.39, 0.29) is 6.29 Å². The molecule has 1 aromatic carbocycles. The number of benzene rings is 1. The second-order valence-electron chi connectivity index (χ2n) is 8.34. The van der Waals surface area contributed by atoms with E-state index in [9.17, 15) is 4.79 Å². The summed E-state index contributed by atoms with van der Waals surface area (Å²) >= 11 is 0. The fraction of sp³-hybridized carbons (Fsp3) is 0.654. The second kappa shape index (κ2) is 15.9. The maximum Gasteiger partial charge on any atom is 0.338 e. The molecule has 5 heteroatoms. The van der Waals surface area contributed by atoms with E-state index in [1.54, 1.807) is 19.1 Å². The van der Waals surface area contributed by atoms with Gasteiger partial charge in [-0.25, -0.2) is 4.79 Å². The second-order valence-corrected chi connectivity index (χ2v) is 8.34. The van der Waals surface area contributed by atoms with Crippen molar-refractivity contribution in [3.8, 4) is 11.5 Å². The van der Waals surface area contributed by atoms with Crippen molar-refractivity contribution in [2.75, 3.05) is 19.8 Å². The zero-order valence-corrected chi connectivity index (χ0v) is 19.2. The molecule has 0 spiro atoms. The summed E-state index contributed by atoms with van der Waals surface area (Å²) in [4.78, 5) is 11.5. The lowest BCUT2D eigenvalue weighted by atomic mass is 10.1. The van der Waals surface area contributed by atoms with Gasteiger partial charge in [-0.15, -0.1) is 0 Å². The first-order valence-electron chi connectivity index (χ1n) is 12.0. The highest BCUT2D eigenvalue weighted by molar-refractivity contribution is 5.88. The van der Waals surface area contributed by atoms with Crippen LogP contribution >= 0.6 is 0 Å². The maximum absolute atomic E-state index is 11.5. The molecule has 2 rings (SSSR count). The third-order valence-corrected chi connectivity index (χ3v) is 5.38. The Morgan fingerprint density at radius 3 is 2.06 bits per heavy atom. The van der Waals surface area contributed by atoms with Gasteiger partial charge in [0.1, 0.15) is 11.5 Å². The lowest BCUT2D eigenvalue weighted by Crippen LogP contribution is -2.22. The van der Waals surface area contributed by atoms with Gasteiger partial charge in [-0.2, -0.15) is 0 Å². The summed E-state index contributed by atoms with van der Waals surface area (Å²) in [6, 6.07) is 7.14. The number of carbonyl (C=O) groups excluding carboxylic acids is 1. The van der Waals surface area contributed by atoms with Gasteiger partial charge >= 0.3 is 5.97 Å². The molecular formula is C26H40O5. The predicted octanol–water partition coefficient (Wildman–Crippen LogP) is 6.60. The van der Waals surface area contributed by atoms with Crippen molar-refractivity contribution in [3.63, 3.8) is 0 Å². The van der Waals surface area contributed by atoms with E-state index in [4.69, 9.17) is 18.9 Å². The highest BCUT2D eigenvalue weighted by atomic mass is 16.7. The first kappa shape index (κ1) is 25.4. The molecule has 31 heavy (non-hydrogen) atoms. The summed E-state index contributed by atoms with van der Waals surface area (Å²) in [5.74, 6) is 0.896. The Bertz CT molecular complexity index is 619. The minimum Gasteiger partial charge on any atom is -0.494 e. The molecule has 174 valence electrons. The molecule has 1 heterocycles. The van der Waals surface area contributed by atoms with Crippen LogP contribution in [0.4, 0.5) is 0 Å². The van der Waals surface area contributed by atoms with Gasteiger partial charge in [-0.1, -0.05) is 51.5 Å². The van der Waals surface area contributed by atoms with Gasteiger partial charge in [-0.3, -0.25) is 0 Å². The predicted molar refractivity (Wildman–Crippen MR) is 123 cm³/mol. The van der Waals surface area contributed by atoms with E-state index in [0.29, 0.717) is 11.3 Å². The van der Waals surface area contributed by atoms with Crippen LogP contribution in [-0.2, 0) is 14.3 Å². The molecule has 0 amide bonds. The van der Waals surface area contributed by atoms with Crippen LogP contribution in [-0.4, -0.2) is 32.1 Å². The number of ether oxygens (including phenoxy) is 4. The van der Waals surface area contributed by atoms with Gasteiger partial charge in [0.2, 0.25) is 0 Å². The van der Waals surface area contributed by atoms with Crippen LogP contribution in [0, 0.1) is 0 Å². The topological polar surface area (TPSA) is 54.0 Å². The molecule has 5 nitrogen and oxygen atoms in total. The van der Waals surface area contributed by atoms with Crippen LogP contribution in [0.2, 0.25) is 0 Å². The number of rotatable bonds is 16. The van der Waals surface area contributed by atoms with Gasteiger partial charge in [-0.05, 0) is 63.3 Å². The van der Waals surface area contributed by atoms with Gasteiger partial charge in [0.15, 0.2) is 6.29 Å². The van der Waals surface area contributed by atoms with Crippen LogP contribution in [0.25, 0.3) is 0 Å². The van der Waals surface area contributed by atoms with Crippen molar-refractivity contribution in [2.45, 2.75) is 90.3 Å². The number of carbonyl (C=O) groups is 1. The van der Waals surface area contributed by atoms with Gasteiger partial charge < -0.3 is 18.9 Å². The lowest BCUT2D eigenvalue weighted by molar-refractivity contribution is -0.162. The number of hydrogen-bond acceptors (Lipinski definition) is 5. The Labute approximate surface area is 188 Å². The summed E-state index contributed by atoms with van der Waals surface area (Å²) in [7, 11) is 0.